The van der Waals surface area contributed by atoms with Gasteiger partial charge in [0.2, 0.25) is 21.8 Å². The number of aliphatic hydroxyl groups excluding tert-OH is 1. The van der Waals surface area contributed by atoms with Crippen LogP contribution in [0.3, 0.4) is 0 Å². The Morgan fingerprint density at radius 3 is 2.38 bits per heavy atom. The van der Waals surface area contributed by atoms with Gasteiger partial charge in [0.15, 0.2) is 0 Å². The molecule has 0 aliphatic rings. The Labute approximate surface area is 248 Å². The molecule has 2 amide bonds. The van der Waals surface area contributed by atoms with Gasteiger partial charge in [-0.25, -0.2) is 8.42 Å². The van der Waals surface area contributed by atoms with Gasteiger partial charge >= 0.3 is 0 Å². The highest BCUT2D eigenvalue weighted by Gasteiger charge is 2.31. The maximum absolute atomic E-state index is 13.5. The molecule has 0 aliphatic heterocycles. The minimum Gasteiger partial charge on any atom is -0.399 e. The lowest BCUT2D eigenvalue weighted by molar-refractivity contribution is -0.130. The van der Waals surface area contributed by atoms with Crippen LogP contribution in [-0.2, 0) is 30.8 Å². The molecular formula is C31H42N4O6S. The quantitative estimate of drug-likeness (QED) is 0.146. The van der Waals surface area contributed by atoms with Crippen LogP contribution in [0.5, 0.6) is 0 Å². The zero-order valence-corrected chi connectivity index (χ0v) is 25.3. The number of rotatable bonds is 16. The predicted molar refractivity (Wildman–Crippen MR) is 164 cm³/mol. The van der Waals surface area contributed by atoms with Gasteiger partial charge in [-0.15, -0.1) is 0 Å². The standard InChI is InChI=1S/C31H42N4O6S/c1-22(2)19-35(42(39,40)27-15-13-25(32)14-16-27)26(20-36)11-7-17-33-31(38)29(34-30(37)21-41-3)18-24-10-6-9-23-8-4-5-12-28(23)24/h4-6,8-10,12-16,22,26,29,36H,7,11,17-21,32H2,1-3H3,(H,33,38)(H,34,37). The number of sulfonamides is 1. The number of aliphatic hydroxyl groups is 1. The molecule has 2 unspecified atom stereocenters. The van der Waals surface area contributed by atoms with Crippen molar-refractivity contribution in [3.8, 4) is 0 Å². The van der Waals surface area contributed by atoms with E-state index in [2.05, 4.69) is 10.6 Å². The Hall–Kier alpha value is -3.51. The van der Waals surface area contributed by atoms with E-state index in [1.54, 1.807) is 0 Å². The molecule has 0 bridgehead atoms. The first-order valence-corrected chi connectivity index (χ1v) is 15.5. The number of benzene rings is 3. The van der Waals surface area contributed by atoms with Crippen LogP contribution in [-0.4, -0.2) is 75.1 Å². The highest BCUT2D eigenvalue weighted by molar-refractivity contribution is 7.89. The van der Waals surface area contributed by atoms with Crippen LogP contribution in [0.15, 0.2) is 71.6 Å². The molecule has 10 nitrogen and oxygen atoms in total. The van der Waals surface area contributed by atoms with E-state index in [0.717, 1.165) is 16.3 Å². The summed E-state index contributed by atoms with van der Waals surface area (Å²) in [4.78, 5) is 25.7. The Kier molecular flexibility index (Phi) is 12.3. The third-order valence-electron chi connectivity index (χ3n) is 6.89. The van der Waals surface area contributed by atoms with Gasteiger partial charge in [0.1, 0.15) is 12.6 Å². The molecular weight excluding hydrogens is 556 g/mol. The SMILES string of the molecule is COCC(=O)NC(Cc1cccc2ccccc12)C(=O)NCCCC(CO)N(CC(C)C)S(=O)(=O)c1ccc(N)cc1. The lowest BCUT2D eigenvalue weighted by Gasteiger charge is -2.31. The molecule has 228 valence electrons. The predicted octanol–water partition coefficient (Wildman–Crippen LogP) is 2.70. The number of nitrogens with two attached hydrogens (primary N) is 1. The highest BCUT2D eigenvalue weighted by Crippen LogP contribution is 2.23. The summed E-state index contributed by atoms with van der Waals surface area (Å²) >= 11 is 0. The lowest BCUT2D eigenvalue weighted by Crippen LogP contribution is -2.49. The number of nitrogen functional groups attached to an aromatic ring is 1. The van der Waals surface area contributed by atoms with Gasteiger partial charge in [-0.3, -0.25) is 9.59 Å². The molecule has 0 fully saturated rings. The first-order chi connectivity index (χ1) is 20.1. The van der Waals surface area contributed by atoms with Crippen molar-refractivity contribution in [2.75, 3.05) is 39.1 Å². The second kappa shape index (κ2) is 15.6. The Morgan fingerprint density at radius 1 is 1.02 bits per heavy atom. The summed E-state index contributed by atoms with van der Waals surface area (Å²) in [5, 5.41) is 17.9. The van der Waals surface area contributed by atoms with Crippen LogP contribution in [0.2, 0.25) is 0 Å². The molecule has 0 radical (unpaired) electrons. The minimum absolute atomic E-state index is 0.0212. The largest absolute Gasteiger partial charge is 0.399 e. The Bertz CT molecular complexity index is 1420. The number of nitrogens with zero attached hydrogens (tertiary/aromatic N) is 1. The Morgan fingerprint density at radius 2 is 1.71 bits per heavy atom. The van der Waals surface area contributed by atoms with Crippen LogP contribution >= 0.6 is 0 Å². The van der Waals surface area contributed by atoms with E-state index in [0.29, 0.717) is 18.5 Å². The third-order valence-corrected chi connectivity index (χ3v) is 8.83. The second-order valence-electron chi connectivity index (χ2n) is 10.7. The fraction of sp³-hybridized carbons (Fsp3) is 0.419. The Balaban J connectivity index is 1.69. The normalized spacial score (nSPS) is 13.3. The number of methoxy groups -OCH3 is 1. The first kappa shape index (κ1) is 33.0. The number of fused-ring (bicyclic) bond motifs is 1. The third kappa shape index (κ3) is 8.99. The van der Waals surface area contributed by atoms with Crippen molar-refractivity contribution in [1.82, 2.24) is 14.9 Å². The number of carbonyl (C=O) groups is 2. The fourth-order valence-electron chi connectivity index (χ4n) is 4.84. The molecule has 3 rings (SSSR count). The van der Waals surface area contributed by atoms with E-state index >= 15 is 0 Å². The topological polar surface area (TPSA) is 151 Å². The van der Waals surface area contributed by atoms with Crippen molar-refractivity contribution in [3.63, 3.8) is 0 Å². The minimum atomic E-state index is -3.89. The number of carbonyl (C=O) groups excluding carboxylic acids is 2. The molecule has 3 aromatic carbocycles. The fourth-order valence-corrected chi connectivity index (χ4v) is 6.65. The second-order valence-corrected chi connectivity index (χ2v) is 12.6. The van der Waals surface area contributed by atoms with Gasteiger partial charge in [-0.05, 0) is 59.4 Å². The maximum atomic E-state index is 13.5. The number of anilines is 1. The molecule has 5 N–H and O–H groups in total. The van der Waals surface area contributed by atoms with Gasteiger partial charge in [0.25, 0.3) is 0 Å². The first-order valence-electron chi connectivity index (χ1n) is 14.1. The average Bonchev–Trinajstić information content (AvgIpc) is 2.96. The summed E-state index contributed by atoms with van der Waals surface area (Å²) in [6, 6.07) is 18.1. The number of hydrogen-bond acceptors (Lipinski definition) is 7. The van der Waals surface area contributed by atoms with Crippen LogP contribution < -0.4 is 16.4 Å². The van der Waals surface area contributed by atoms with Gasteiger partial charge in [-0.1, -0.05) is 56.3 Å². The summed E-state index contributed by atoms with van der Waals surface area (Å²) in [6.07, 6.45) is 1.02. The van der Waals surface area contributed by atoms with Gasteiger partial charge in [0, 0.05) is 38.3 Å². The van der Waals surface area contributed by atoms with Crippen LogP contribution in [0.1, 0.15) is 32.3 Å². The number of amides is 2. The monoisotopic (exact) mass is 598 g/mol. The van der Waals surface area contributed by atoms with E-state index in [4.69, 9.17) is 10.5 Å². The molecule has 3 aromatic rings. The van der Waals surface area contributed by atoms with Crippen molar-refractivity contribution >= 4 is 38.3 Å². The summed E-state index contributed by atoms with van der Waals surface area (Å²) in [6.45, 7) is 3.74. The number of nitrogens with one attached hydrogen (secondary N) is 2. The van der Waals surface area contributed by atoms with E-state index in [1.165, 1.54) is 35.7 Å². The van der Waals surface area contributed by atoms with Crippen molar-refractivity contribution in [2.24, 2.45) is 5.92 Å². The van der Waals surface area contributed by atoms with E-state index in [9.17, 15) is 23.1 Å². The molecule has 0 spiro atoms. The smallest absolute Gasteiger partial charge is 0.246 e. The zero-order valence-electron chi connectivity index (χ0n) is 24.5. The van der Waals surface area contributed by atoms with E-state index in [-0.39, 0.29) is 49.4 Å². The van der Waals surface area contributed by atoms with Gasteiger partial charge in [0.05, 0.1) is 11.5 Å². The van der Waals surface area contributed by atoms with Crippen LogP contribution in [0.25, 0.3) is 10.8 Å². The molecule has 42 heavy (non-hydrogen) atoms. The van der Waals surface area contributed by atoms with Crippen LogP contribution in [0.4, 0.5) is 5.69 Å². The van der Waals surface area contributed by atoms with Crippen LogP contribution in [0, 0.1) is 5.92 Å². The lowest BCUT2D eigenvalue weighted by atomic mass is 9.98. The summed E-state index contributed by atoms with van der Waals surface area (Å²) in [5.74, 6) is -0.746. The average molecular weight is 599 g/mol. The molecule has 0 aliphatic carbocycles. The molecule has 0 saturated heterocycles. The van der Waals surface area contributed by atoms with Crippen molar-refractivity contribution in [2.45, 2.75) is 50.1 Å². The maximum Gasteiger partial charge on any atom is 0.246 e. The molecule has 0 aromatic heterocycles. The molecule has 0 heterocycles. The summed E-state index contributed by atoms with van der Waals surface area (Å²) < 4.78 is 33.2. The zero-order chi connectivity index (χ0) is 30.7. The summed E-state index contributed by atoms with van der Waals surface area (Å²) in [7, 11) is -2.48. The van der Waals surface area contributed by atoms with Gasteiger partial charge in [-0.2, -0.15) is 4.31 Å². The van der Waals surface area contributed by atoms with Crippen molar-refractivity contribution in [1.29, 1.82) is 0 Å². The van der Waals surface area contributed by atoms with E-state index in [1.807, 2.05) is 56.3 Å². The summed E-state index contributed by atoms with van der Waals surface area (Å²) in [5.41, 5.74) is 7.11. The van der Waals surface area contributed by atoms with E-state index < -0.39 is 28.0 Å². The molecule has 2 atom stereocenters. The highest BCUT2D eigenvalue weighted by atomic mass is 32.2. The van der Waals surface area contributed by atoms with Crippen molar-refractivity contribution in [3.05, 3.63) is 72.3 Å². The van der Waals surface area contributed by atoms with Gasteiger partial charge < -0.3 is 26.2 Å². The molecule has 11 heteroatoms. The van der Waals surface area contributed by atoms with Crippen molar-refractivity contribution < 1.29 is 27.9 Å². The number of ether oxygens (including phenoxy) is 1. The molecule has 0 saturated carbocycles. The number of hydrogen-bond donors (Lipinski definition) is 4.